The van der Waals surface area contributed by atoms with Gasteiger partial charge in [-0.05, 0) is 25.6 Å². The summed E-state index contributed by atoms with van der Waals surface area (Å²) in [5.74, 6) is 0. The fourth-order valence-corrected chi connectivity index (χ4v) is 2.47. The fourth-order valence-electron chi connectivity index (χ4n) is 1.94. The zero-order chi connectivity index (χ0) is 11.2. The first-order chi connectivity index (χ1) is 7.90. The minimum Gasteiger partial charge on any atom is -0.313 e. The molecule has 1 aliphatic heterocycles. The first-order valence-electron chi connectivity index (χ1n) is 5.68. The summed E-state index contributed by atoms with van der Waals surface area (Å²) < 4.78 is 0. The van der Waals surface area contributed by atoms with E-state index in [-0.39, 0.29) is 12.4 Å². The van der Waals surface area contributed by atoms with Crippen LogP contribution >= 0.6 is 24.2 Å². The highest BCUT2D eigenvalue weighted by atomic mass is 35.5. The van der Waals surface area contributed by atoms with Crippen LogP contribution in [0.3, 0.4) is 0 Å². The molecule has 6 heteroatoms. The number of nitrogens with one attached hydrogen (secondary N) is 2. The molecule has 1 fully saturated rings. The summed E-state index contributed by atoms with van der Waals surface area (Å²) in [4.78, 5) is 8.64. The number of hydrogen-bond donors (Lipinski definition) is 2. The van der Waals surface area contributed by atoms with Gasteiger partial charge >= 0.3 is 0 Å². The van der Waals surface area contributed by atoms with Crippen LogP contribution in [0.15, 0.2) is 17.4 Å². The normalized spacial score (nSPS) is 19.0. The van der Waals surface area contributed by atoms with E-state index >= 15 is 0 Å². The van der Waals surface area contributed by atoms with Crippen molar-refractivity contribution in [2.75, 3.05) is 19.3 Å². The van der Waals surface area contributed by atoms with Gasteiger partial charge in [-0.2, -0.15) is 0 Å². The molecule has 0 bridgehead atoms. The lowest BCUT2D eigenvalue weighted by Gasteiger charge is -2.11. The van der Waals surface area contributed by atoms with Crippen LogP contribution in [0.2, 0.25) is 0 Å². The maximum absolute atomic E-state index is 4.35. The summed E-state index contributed by atoms with van der Waals surface area (Å²) in [6.45, 7) is 2.99. The van der Waals surface area contributed by atoms with Gasteiger partial charge in [0.15, 0.2) is 0 Å². The van der Waals surface area contributed by atoms with Gasteiger partial charge in [0, 0.05) is 31.5 Å². The van der Waals surface area contributed by atoms with E-state index in [1.54, 1.807) is 24.2 Å². The topological polar surface area (TPSA) is 49.8 Å². The molecule has 0 amide bonds. The van der Waals surface area contributed by atoms with Crippen LogP contribution in [0.4, 0.5) is 0 Å². The summed E-state index contributed by atoms with van der Waals surface area (Å²) in [5.41, 5.74) is 1.05. The Kier molecular flexibility index (Phi) is 6.80. The van der Waals surface area contributed by atoms with Gasteiger partial charge in [-0.3, -0.25) is 4.98 Å². The molecule has 2 heterocycles. The third kappa shape index (κ3) is 4.43. The molecule has 1 atom stereocenters. The maximum atomic E-state index is 4.35. The molecule has 0 spiro atoms. The highest BCUT2D eigenvalue weighted by molar-refractivity contribution is 7.98. The molecular formula is C11H19ClN4S. The average Bonchev–Trinajstić information content (AvgIpc) is 2.83. The smallest absolute Gasteiger partial charge is 0.119 e. The van der Waals surface area contributed by atoms with Gasteiger partial charge < -0.3 is 10.6 Å². The van der Waals surface area contributed by atoms with Gasteiger partial charge in [0.05, 0.1) is 5.69 Å². The predicted octanol–water partition coefficient (Wildman–Crippen LogP) is 1.46. The van der Waals surface area contributed by atoms with Crippen molar-refractivity contribution in [2.45, 2.75) is 30.5 Å². The van der Waals surface area contributed by atoms with Crippen molar-refractivity contribution < 1.29 is 0 Å². The monoisotopic (exact) mass is 274 g/mol. The van der Waals surface area contributed by atoms with Crippen LogP contribution < -0.4 is 10.6 Å². The third-order valence-electron chi connectivity index (χ3n) is 2.77. The second-order valence-electron chi connectivity index (χ2n) is 3.94. The van der Waals surface area contributed by atoms with E-state index in [1.165, 1.54) is 12.8 Å². The molecular weight excluding hydrogens is 256 g/mol. The Balaban J connectivity index is 0.00000144. The van der Waals surface area contributed by atoms with E-state index < -0.39 is 0 Å². The number of rotatable bonds is 5. The molecule has 2 N–H and O–H groups in total. The Hall–Kier alpha value is -0.360. The van der Waals surface area contributed by atoms with Crippen LogP contribution in [0.1, 0.15) is 18.5 Å². The Morgan fingerprint density at radius 3 is 3.00 bits per heavy atom. The first kappa shape index (κ1) is 14.7. The number of nitrogens with zero attached hydrogens (tertiary/aromatic N) is 2. The van der Waals surface area contributed by atoms with Crippen molar-refractivity contribution in [3.63, 3.8) is 0 Å². The van der Waals surface area contributed by atoms with Gasteiger partial charge in [-0.15, -0.1) is 24.2 Å². The second-order valence-corrected chi connectivity index (χ2v) is 4.73. The standard InChI is InChI=1S/C11H18N4S.ClH/c1-16-11-10(14-5-6-15-11)8-12-7-9-3-2-4-13-9;/h5-6,9,12-13H,2-4,7-8H2,1H3;1H. The molecule has 1 aliphatic rings. The van der Waals surface area contributed by atoms with Crippen LogP contribution in [0.25, 0.3) is 0 Å². The molecule has 0 saturated carbocycles. The molecule has 1 unspecified atom stereocenters. The zero-order valence-corrected chi connectivity index (χ0v) is 11.6. The van der Waals surface area contributed by atoms with E-state index in [4.69, 9.17) is 0 Å². The molecule has 0 aliphatic carbocycles. The van der Waals surface area contributed by atoms with E-state index in [0.717, 1.165) is 30.4 Å². The van der Waals surface area contributed by atoms with Crippen molar-refractivity contribution in [3.05, 3.63) is 18.1 Å². The SMILES string of the molecule is CSc1nccnc1CNCC1CCCN1.Cl. The number of thioether (sulfide) groups is 1. The van der Waals surface area contributed by atoms with Crippen molar-refractivity contribution in [3.8, 4) is 0 Å². The highest BCUT2D eigenvalue weighted by Gasteiger charge is 2.13. The van der Waals surface area contributed by atoms with Crippen molar-refractivity contribution >= 4 is 24.2 Å². The molecule has 1 aromatic rings. The number of halogens is 1. The summed E-state index contributed by atoms with van der Waals surface area (Å²) in [6.07, 6.45) is 8.11. The third-order valence-corrected chi connectivity index (χ3v) is 3.50. The Morgan fingerprint density at radius 2 is 2.29 bits per heavy atom. The number of hydrogen-bond acceptors (Lipinski definition) is 5. The van der Waals surface area contributed by atoms with Crippen LogP contribution in [-0.2, 0) is 6.54 Å². The summed E-state index contributed by atoms with van der Waals surface area (Å²) in [7, 11) is 0. The predicted molar refractivity (Wildman–Crippen MR) is 73.8 cm³/mol. The Labute approximate surface area is 113 Å². The minimum absolute atomic E-state index is 0. The molecule has 0 radical (unpaired) electrons. The molecule has 96 valence electrons. The van der Waals surface area contributed by atoms with Gasteiger partial charge in [-0.25, -0.2) is 4.98 Å². The van der Waals surface area contributed by atoms with E-state index in [9.17, 15) is 0 Å². The van der Waals surface area contributed by atoms with Gasteiger partial charge in [0.2, 0.25) is 0 Å². The van der Waals surface area contributed by atoms with Crippen LogP contribution in [-0.4, -0.2) is 35.4 Å². The molecule has 17 heavy (non-hydrogen) atoms. The highest BCUT2D eigenvalue weighted by Crippen LogP contribution is 2.14. The largest absolute Gasteiger partial charge is 0.313 e. The van der Waals surface area contributed by atoms with Gasteiger partial charge in [0.1, 0.15) is 5.03 Å². The minimum atomic E-state index is 0. The zero-order valence-electron chi connectivity index (χ0n) is 9.98. The summed E-state index contributed by atoms with van der Waals surface area (Å²) in [6, 6.07) is 0.634. The van der Waals surface area contributed by atoms with Crippen molar-refractivity contribution in [1.29, 1.82) is 0 Å². The summed E-state index contributed by atoms with van der Waals surface area (Å²) >= 11 is 1.65. The number of aromatic nitrogens is 2. The molecule has 4 nitrogen and oxygen atoms in total. The van der Waals surface area contributed by atoms with E-state index in [1.807, 2.05) is 6.26 Å². The average molecular weight is 275 g/mol. The van der Waals surface area contributed by atoms with Crippen molar-refractivity contribution in [1.82, 2.24) is 20.6 Å². The second kappa shape index (κ2) is 7.87. The lowest BCUT2D eigenvalue weighted by molar-refractivity contribution is 0.529. The Bertz CT molecular complexity index is 331. The molecule has 0 aromatic carbocycles. The first-order valence-corrected chi connectivity index (χ1v) is 6.90. The summed E-state index contributed by atoms with van der Waals surface area (Å²) in [5, 5.41) is 7.93. The fraction of sp³-hybridized carbons (Fsp3) is 0.636. The van der Waals surface area contributed by atoms with Crippen molar-refractivity contribution in [2.24, 2.45) is 0 Å². The van der Waals surface area contributed by atoms with Gasteiger partial charge in [-0.1, -0.05) is 0 Å². The van der Waals surface area contributed by atoms with Gasteiger partial charge in [0.25, 0.3) is 0 Å². The lowest BCUT2D eigenvalue weighted by Crippen LogP contribution is -2.33. The molecule has 2 rings (SSSR count). The van der Waals surface area contributed by atoms with E-state index in [0.29, 0.717) is 6.04 Å². The molecule has 1 saturated heterocycles. The van der Waals surface area contributed by atoms with Crippen LogP contribution in [0, 0.1) is 0 Å². The molecule has 1 aromatic heterocycles. The lowest BCUT2D eigenvalue weighted by atomic mass is 10.2. The quantitative estimate of drug-likeness (QED) is 0.797. The van der Waals surface area contributed by atoms with E-state index in [2.05, 4.69) is 20.6 Å². The van der Waals surface area contributed by atoms with Crippen LogP contribution in [0.5, 0.6) is 0 Å². The maximum Gasteiger partial charge on any atom is 0.119 e. The Morgan fingerprint density at radius 1 is 1.47 bits per heavy atom.